The molecule has 0 aliphatic rings. The van der Waals surface area contributed by atoms with E-state index in [0.717, 1.165) is 6.61 Å². The summed E-state index contributed by atoms with van der Waals surface area (Å²) >= 11 is 0. The van der Waals surface area contributed by atoms with Gasteiger partial charge in [0.25, 0.3) is 0 Å². The Kier molecular flexibility index (Phi) is 4.97. The lowest BCUT2D eigenvalue weighted by molar-refractivity contribution is 0.167. The Morgan fingerprint density at radius 3 is 2.19 bits per heavy atom. The Morgan fingerprint density at radius 2 is 1.69 bits per heavy atom. The van der Waals surface area contributed by atoms with Crippen LogP contribution in [0.2, 0.25) is 0 Å². The summed E-state index contributed by atoms with van der Waals surface area (Å²) in [6.45, 7) is 9.36. The second kappa shape index (κ2) is 6.02. The molecule has 0 spiro atoms. The first kappa shape index (κ1) is 13.2. The minimum Gasteiger partial charge on any atom is -0.383 e. The third-order valence-electron chi connectivity index (χ3n) is 2.70. The van der Waals surface area contributed by atoms with E-state index in [2.05, 4.69) is 51.2 Å². The van der Waals surface area contributed by atoms with Crippen LogP contribution < -0.4 is 5.32 Å². The number of hydrogen-bond donors (Lipinski definition) is 1. The van der Waals surface area contributed by atoms with Gasteiger partial charge < -0.3 is 10.1 Å². The van der Waals surface area contributed by atoms with Gasteiger partial charge in [-0.1, -0.05) is 29.3 Å². The molecule has 1 aromatic rings. The van der Waals surface area contributed by atoms with Gasteiger partial charge in [-0.15, -0.1) is 0 Å². The lowest BCUT2D eigenvalue weighted by Crippen LogP contribution is -2.32. The predicted molar refractivity (Wildman–Crippen MR) is 68.8 cm³/mol. The first-order valence-corrected chi connectivity index (χ1v) is 5.86. The van der Waals surface area contributed by atoms with E-state index in [9.17, 15) is 0 Å². The molecule has 0 bridgehead atoms. The molecule has 0 amide bonds. The van der Waals surface area contributed by atoms with E-state index in [0.29, 0.717) is 12.1 Å². The van der Waals surface area contributed by atoms with Crippen LogP contribution in [0.1, 0.15) is 36.6 Å². The fourth-order valence-corrected chi connectivity index (χ4v) is 2.08. The van der Waals surface area contributed by atoms with Gasteiger partial charge in [0.1, 0.15) is 0 Å². The van der Waals surface area contributed by atoms with E-state index < -0.39 is 0 Å². The van der Waals surface area contributed by atoms with Crippen molar-refractivity contribution >= 4 is 0 Å². The topological polar surface area (TPSA) is 21.3 Å². The third kappa shape index (κ3) is 3.95. The van der Waals surface area contributed by atoms with E-state index in [-0.39, 0.29) is 0 Å². The number of rotatable bonds is 5. The second-order valence-corrected chi connectivity index (χ2v) is 4.67. The minimum absolute atomic E-state index is 0.365. The summed E-state index contributed by atoms with van der Waals surface area (Å²) in [5.74, 6) is 0. The zero-order valence-corrected chi connectivity index (χ0v) is 11.0. The summed E-state index contributed by atoms with van der Waals surface area (Å²) in [5, 5.41) is 3.53. The molecule has 0 saturated carbocycles. The summed E-state index contributed by atoms with van der Waals surface area (Å²) in [7, 11) is 1.74. The van der Waals surface area contributed by atoms with Crippen molar-refractivity contribution in [3.05, 3.63) is 34.9 Å². The van der Waals surface area contributed by atoms with Crippen molar-refractivity contribution < 1.29 is 4.74 Å². The first-order valence-electron chi connectivity index (χ1n) is 5.86. The van der Waals surface area contributed by atoms with Crippen molar-refractivity contribution in [1.82, 2.24) is 5.32 Å². The Bertz CT molecular complexity index is 315. The predicted octanol–water partition coefficient (Wildman–Crippen LogP) is 2.99. The Labute approximate surface area is 99.0 Å². The molecular formula is C14H23NO. The highest BCUT2D eigenvalue weighted by Crippen LogP contribution is 2.17. The minimum atomic E-state index is 0.365. The second-order valence-electron chi connectivity index (χ2n) is 4.67. The summed E-state index contributed by atoms with van der Waals surface area (Å²) in [5.41, 5.74) is 3.99. The number of benzene rings is 1. The molecule has 0 aliphatic carbocycles. The van der Waals surface area contributed by atoms with Crippen LogP contribution in [-0.4, -0.2) is 19.8 Å². The van der Waals surface area contributed by atoms with Gasteiger partial charge in [0, 0.05) is 19.2 Å². The van der Waals surface area contributed by atoms with Crippen LogP contribution in [-0.2, 0) is 4.74 Å². The van der Waals surface area contributed by atoms with Gasteiger partial charge in [0.05, 0.1) is 6.61 Å². The maximum absolute atomic E-state index is 5.13. The first-order chi connectivity index (χ1) is 7.52. The number of ether oxygens (including phenoxy) is 1. The standard InChI is InChI=1S/C14H23NO/c1-10-6-11(2)8-14(7-10)13(4)15-12(3)9-16-5/h6-8,12-13,15H,9H2,1-5H3. The van der Waals surface area contributed by atoms with Gasteiger partial charge in [0.15, 0.2) is 0 Å². The molecule has 1 rings (SSSR count). The largest absolute Gasteiger partial charge is 0.383 e. The molecule has 1 aromatic carbocycles. The maximum Gasteiger partial charge on any atom is 0.0613 e. The molecule has 2 heteroatoms. The lowest BCUT2D eigenvalue weighted by Gasteiger charge is -2.20. The van der Waals surface area contributed by atoms with Gasteiger partial charge in [-0.05, 0) is 33.3 Å². The summed E-state index contributed by atoms with van der Waals surface area (Å²) in [6, 6.07) is 7.42. The highest BCUT2D eigenvalue weighted by molar-refractivity contribution is 5.30. The van der Waals surface area contributed by atoms with E-state index in [4.69, 9.17) is 4.74 Å². The molecule has 2 atom stereocenters. The fraction of sp³-hybridized carbons (Fsp3) is 0.571. The smallest absolute Gasteiger partial charge is 0.0613 e. The molecule has 2 unspecified atom stereocenters. The Hall–Kier alpha value is -0.860. The van der Waals surface area contributed by atoms with Gasteiger partial charge >= 0.3 is 0 Å². The Balaban J connectivity index is 2.68. The zero-order valence-electron chi connectivity index (χ0n) is 11.0. The van der Waals surface area contributed by atoms with Gasteiger partial charge in [-0.3, -0.25) is 0 Å². The summed E-state index contributed by atoms with van der Waals surface area (Å²) < 4.78 is 5.13. The molecular weight excluding hydrogens is 198 g/mol. The molecule has 0 heterocycles. The van der Waals surface area contributed by atoms with Gasteiger partial charge in [-0.25, -0.2) is 0 Å². The van der Waals surface area contributed by atoms with E-state index >= 15 is 0 Å². The van der Waals surface area contributed by atoms with E-state index in [1.165, 1.54) is 16.7 Å². The monoisotopic (exact) mass is 221 g/mol. The Morgan fingerprint density at radius 1 is 1.12 bits per heavy atom. The zero-order chi connectivity index (χ0) is 12.1. The number of aryl methyl sites for hydroxylation is 2. The molecule has 2 nitrogen and oxygen atoms in total. The van der Waals surface area contributed by atoms with Crippen molar-refractivity contribution in [2.75, 3.05) is 13.7 Å². The molecule has 16 heavy (non-hydrogen) atoms. The summed E-state index contributed by atoms with van der Waals surface area (Å²) in [6.07, 6.45) is 0. The van der Waals surface area contributed by atoms with Gasteiger partial charge in [-0.2, -0.15) is 0 Å². The normalized spacial score (nSPS) is 14.8. The molecule has 0 saturated heterocycles. The SMILES string of the molecule is COCC(C)NC(C)c1cc(C)cc(C)c1. The van der Waals surface area contributed by atoms with Gasteiger partial charge in [0.2, 0.25) is 0 Å². The maximum atomic E-state index is 5.13. The average molecular weight is 221 g/mol. The highest BCUT2D eigenvalue weighted by atomic mass is 16.5. The molecule has 0 radical (unpaired) electrons. The molecule has 90 valence electrons. The van der Waals surface area contributed by atoms with Crippen LogP contribution in [0, 0.1) is 13.8 Å². The fourth-order valence-electron chi connectivity index (χ4n) is 2.08. The molecule has 0 aromatic heterocycles. The third-order valence-corrected chi connectivity index (χ3v) is 2.70. The van der Waals surface area contributed by atoms with Crippen LogP contribution in [0.5, 0.6) is 0 Å². The molecule has 0 fully saturated rings. The average Bonchev–Trinajstić information content (AvgIpc) is 2.16. The van der Waals surface area contributed by atoms with E-state index in [1.54, 1.807) is 7.11 Å². The van der Waals surface area contributed by atoms with Crippen LogP contribution in [0.15, 0.2) is 18.2 Å². The van der Waals surface area contributed by atoms with Crippen molar-refractivity contribution in [2.45, 2.75) is 39.8 Å². The quantitative estimate of drug-likeness (QED) is 0.825. The van der Waals surface area contributed by atoms with Crippen LogP contribution in [0.4, 0.5) is 0 Å². The summed E-state index contributed by atoms with van der Waals surface area (Å²) in [4.78, 5) is 0. The van der Waals surface area contributed by atoms with Crippen LogP contribution >= 0.6 is 0 Å². The van der Waals surface area contributed by atoms with Crippen LogP contribution in [0.3, 0.4) is 0 Å². The number of methoxy groups -OCH3 is 1. The van der Waals surface area contributed by atoms with Crippen molar-refractivity contribution in [3.63, 3.8) is 0 Å². The van der Waals surface area contributed by atoms with Crippen molar-refractivity contribution in [3.8, 4) is 0 Å². The highest BCUT2D eigenvalue weighted by Gasteiger charge is 2.09. The van der Waals surface area contributed by atoms with E-state index in [1.807, 2.05) is 0 Å². The van der Waals surface area contributed by atoms with Crippen LogP contribution in [0.25, 0.3) is 0 Å². The molecule has 1 N–H and O–H groups in total. The number of nitrogens with one attached hydrogen (secondary N) is 1. The lowest BCUT2D eigenvalue weighted by atomic mass is 10.0. The number of hydrogen-bond acceptors (Lipinski definition) is 2. The van der Waals surface area contributed by atoms with Crippen molar-refractivity contribution in [1.29, 1.82) is 0 Å². The van der Waals surface area contributed by atoms with Crippen molar-refractivity contribution in [2.24, 2.45) is 0 Å². The molecule has 0 aliphatic heterocycles.